The lowest BCUT2D eigenvalue weighted by Crippen LogP contribution is -2.42. The Morgan fingerprint density at radius 3 is 2.32 bits per heavy atom. The third-order valence-corrected chi connectivity index (χ3v) is 3.45. The van der Waals surface area contributed by atoms with Gasteiger partial charge in [-0.15, -0.1) is 0 Å². The number of benzene rings is 1. The Kier molecular flexibility index (Phi) is 4.00. The topological polar surface area (TPSA) is 49.4 Å². The van der Waals surface area contributed by atoms with Crippen LogP contribution in [0.15, 0.2) is 30.3 Å². The highest BCUT2D eigenvalue weighted by atomic mass is 16.2. The molecule has 0 aromatic heterocycles. The van der Waals surface area contributed by atoms with E-state index in [0.717, 1.165) is 5.56 Å². The summed E-state index contributed by atoms with van der Waals surface area (Å²) in [4.78, 5) is 25.3. The molecule has 1 heterocycles. The van der Waals surface area contributed by atoms with Gasteiger partial charge in [-0.25, -0.2) is 0 Å². The fourth-order valence-corrected chi connectivity index (χ4v) is 2.46. The summed E-state index contributed by atoms with van der Waals surface area (Å²) >= 11 is 0. The van der Waals surface area contributed by atoms with E-state index < -0.39 is 6.04 Å². The molecule has 102 valence electrons. The van der Waals surface area contributed by atoms with Crippen molar-refractivity contribution in [3.05, 3.63) is 35.9 Å². The number of nitrogens with zero attached hydrogens (tertiary/aromatic N) is 1. The van der Waals surface area contributed by atoms with E-state index in [1.165, 1.54) is 4.90 Å². The molecule has 0 radical (unpaired) electrons. The standard InChI is InChI=1S/C15H20N2O2/c1-10(2)17-14(18)9-13(15(17)19)16-11(3)12-7-5-4-6-8-12/h4-8,10-11,13,16H,9H2,1-3H3. The average molecular weight is 260 g/mol. The quantitative estimate of drug-likeness (QED) is 0.841. The third kappa shape index (κ3) is 2.84. The van der Waals surface area contributed by atoms with Crippen molar-refractivity contribution in [2.45, 2.75) is 45.3 Å². The van der Waals surface area contributed by atoms with Gasteiger partial charge in [-0.2, -0.15) is 0 Å². The van der Waals surface area contributed by atoms with Crippen LogP contribution in [0.5, 0.6) is 0 Å². The normalized spacial score (nSPS) is 21.3. The van der Waals surface area contributed by atoms with E-state index >= 15 is 0 Å². The molecule has 1 aromatic rings. The summed E-state index contributed by atoms with van der Waals surface area (Å²) < 4.78 is 0. The van der Waals surface area contributed by atoms with Gasteiger partial charge >= 0.3 is 0 Å². The lowest BCUT2D eigenvalue weighted by Gasteiger charge is -2.21. The number of likely N-dealkylation sites (tertiary alicyclic amines) is 1. The van der Waals surface area contributed by atoms with Crippen molar-refractivity contribution in [1.82, 2.24) is 10.2 Å². The summed E-state index contributed by atoms with van der Waals surface area (Å²) in [6.45, 7) is 5.72. The van der Waals surface area contributed by atoms with Crippen LogP contribution < -0.4 is 5.32 Å². The minimum atomic E-state index is -0.398. The van der Waals surface area contributed by atoms with Crippen molar-refractivity contribution in [3.8, 4) is 0 Å². The Balaban J connectivity index is 2.05. The molecule has 0 spiro atoms. The van der Waals surface area contributed by atoms with E-state index in [-0.39, 0.29) is 30.3 Å². The highest BCUT2D eigenvalue weighted by Gasteiger charge is 2.40. The first kappa shape index (κ1) is 13.7. The lowest BCUT2D eigenvalue weighted by molar-refractivity contribution is -0.140. The predicted octanol–water partition coefficient (Wildman–Crippen LogP) is 1.87. The Hall–Kier alpha value is -1.68. The van der Waals surface area contributed by atoms with E-state index in [0.29, 0.717) is 0 Å². The third-order valence-electron chi connectivity index (χ3n) is 3.45. The summed E-state index contributed by atoms with van der Waals surface area (Å²) in [5.41, 5.74) is 1.12. The van der Waals surface area contributed by atoms with Crippen LogP contribution in [-0.4, -0.2) is 28.8 Å². The molecule has 0 aliphatic carbocycles. The molecule has 1 aliphatic rings. The number of imide groups is 1. The van der Waals surface area contributed by atoms with Gasteiger partial charge < -0.3 is 0 Å². The molecule has 2 rings (SSSR count). The summed E-state index contributed by atoms with van der Waals surface area (Å²) in [7, 11) is 0. The Morgan fingerprint density at radius 1 is 1.16 bits per heavy atom. The number of hydrogen-bond acceptors (Lipinski definition) is 3. The molecule has 1 N–H and O–H groups in total. The van der Waals surface area contributed by atoms with Gasteiger partial charge in [0.1, 0.15) is 0 Å². The highest BCUT2D eigenvalue weighted by molar-refractivity contribution is 6.05. The maximum absolute atomic E-state index is 12.2. The number of nitrogens with one attached hydrogen (secondary N) is 1. The van der Waals surface area contributed by atoms with Gasteiger partial charge in [-0.1, -0.05) is 30.3 Å². The van der Waals surface area contributed by atoms with Gasteiger partial charge in [0.2, 0.25) is 11.8 Å². The van der Waals surface area contributed by atoms with Crippen LogP contribution in [0.1, 0.15) is 38.8 Å². The van der Waals surface area contributed by atoms with E-state index in [4.69, 9.17) is 0 Å². The van der Waals surface area contributed by atoms with Crippen LogP contribution in [0, 0.1) is 0 Å². The molecule has 2 unspecified atom stereocenters. The number of hydrogen-bond donors (Lipinski definition) is 1. The first-order valence-corrected chi connectivity index (χ1v) is 6.67. The molecule has 2 amide bonds. The monoisotopic (exact) mass is 260 g/mol. The van der Waals surface area contributed by atoms with Gasteiger partial charge in [0.25, 0.3) is 0 Å². The second-order valence-corrected chi connectivity index (χ2v) is 5.25. The predicted molar refractivity (Wildman–Crippen MR) is 73.4 cm³/mol. The zero-order valence-electron chi connectivity index (χ0n) is 11.6. The summed E-state index contributed by atoms with van der Waals surface area (Å²) in [6.07, 6.45) is 0.258. The highest BCUT2D eigenvalue weighted by Crippen LogP contribution is 2.20. The number of carbonyl (C=O) groups is 2. The van der Waals surface area contributed by atoms with Crippen molar-refractivity contribution < 1.29 is 9.59 Å². The van der Waals surface area contributed by atoms with Crippen LogP contribution in [-0.2, 0) is 9.59 Å². The molecule has 19 heavy (non-hydrogen) atoms. The molecule has 1 fully saturated rings. The molecule has 0 bridgehead atoms. The number of carbonyl (C=O) groups excluding carboxylic acids is 2. The second kappa shape index (κ2) is 5.53. The smallest absolute Gasteiger partial charge is 0.247 e. The zero-order valence-corrected chi connectivity index (χ0v) is 11.6. The molecule has 1 aromatic carbocycles. The van der Waals surface area contributed by atoms with Crippen LogP contribution in [0.2, 0.25) is 0 Å². The molecule has 0 saturated carbocycles. The van der Waals surface area contributed by atoms with E-state index in [2.05, 4.69) is 5.32 Å². The average Bonchev–Trinajstić information content (AvgIpc) is 2.65. The van der Waals surface area contributed by atoms with E-state index in [9.17, 15) is 9.59 Å². The zero-order chi connectivity index (χ0) is 14.0. The second-order valence-electron chi connectivity index (χ2n) is 5.25. The summed E-state index contributed by atoms with van der Waals surface area (Å²) in [5.74, 6) is -0.194. The molecule has 4 nitrogen and oxygen atoms in total. The van der Waals surface area contributed by atoms with Crippen LogP contribution in [0.25, 0.3) is 0 Å². The minimum absolute atomic E-state index is 0.0510. The van der Waals surface area contributed by atoms with Crippen molar-refractivity contribution in [2.75, 3.05) is 0 Å². The maximum atomic E-state index is 12.2. The number of rotatable bonds is 4. The molecule has 2 atom stereocenters. The van der Waals surface area contributed by atoms with Gasteiger partial charge in [0, 0.05) is 12.1 Å². The lowest BCUT2D eigenvalue weighted by atomic mass is 10.1. The maximum Gasteiger partial charge on any atom is 0.247 e. The van der Waals surface area contributed by atoms with Crippen molar-refractivity contribution in [2.24, 2.45) is 0 Å². The largest absolute Gasteiger partial charge is 0.299 e. The van der Waals surface area contributed by atoms with Gasteiger partial charge in [-0.05, 0) is 26.3 Å². The molecule has 1 aliphatic heterocycles. The Bertz CT molecular complexity index is 470. The van der Waals surface area contributed by atoms with Crippen molar-refractivity contribution >= 4 is 11.8 Å². The molecular formula is C15H20N2O2. The fourth-order valence-electron chi connectivity index (χ4n) is 2.46. The first-order chi connectivity index (χ1) is 9.00. The SMILES string of the molecule is CC(NC1CC(=O)N(C(C)C)C1=O)c1ccccc1. The van der Waals surface area contributed by atoms with Gasteiger partial charge in [0.05, 0.1) is 12.5 Å². The van der Waals surface area contributed by atoms with Crippen LogP contribution in [0.3, 0.4) is 0 Å². The Morgan fingerprint density at radius 2 is 1.79 bits per heavy atom. The van der Waals surface area contributed by atoms with Crippen LogP contribution >= 0.6 is 0 Å². The first-order valence-electron chi connectivity index (χ1n) is 6.67. The number of amides is 2. The Labute approximate surface area is 113 Å². The van der Waals surface area contributed by atoms with E-state index in [1.807, 2.05) is 51.1 Å². The summed E-state index contributed by atoms with van der Waals surface area (Å²) in [6, 6.07) is 9.50. The molecule has 4 heteroatoms. The van der Waals surface area contributed by atoms with Gasteiger partial charge in [0.15, 0.2) is 0 Å². The molecular weight excluding hydrogens is 240 g/mol. The van der Waals surface area contributed by atoms with E-state index in [1.54, 1.807) is 0 Å². The molecule has 1 saturated heterocycles. The van der Waals surface area contributed by atoms with Crippen LogP contribution in [0.4, 0.5) is 0 Å². The van der Waals surface area contributed by atoms with Gasteiger partial charge in [-0.3, -0.25) is 19.8 Å². The van der Waals surface area contributed by atoms with Crippen molar-refractivity contribution in [3.63, 3.8) is 0 Å². The fraction of sp³-hybridized carbons (Fsp3) is 0.467. The summed E-state index contributed by atoms with van der Waals surface area (Å²) in [5, 5.41) is 3.25. The minimum Gasteiger partial charge on any atom is -0.299 e. The van der Waals surface area contributed by atoms with Crippen molar-refractivity contribution in [1.29, 1.82) is 0 Å².